The molecule has 0 fully saturated rings. The Bertz CT molecular complexity index is 1230. The van der Waals surface area contributed by atoms with Crippen LogP contribution in [-0.2, 0) is 0 Å². The Kier molecular flexibility index (Phi) is 5.48. The minimum Gasteiger partial charge on any atom is -0.462 e. The smallest absolute Gasteiger partial charge is 0.303 e. The van der Waals surface area contributed by atoms with Crippen molar-refractivity contribution in [2.45, 2.75) is 12.8 Å². The molecule has 0 aliphatic heterocycles. The van der Waals surface area contributed by atoms with Gasteiger partial charge in [0.2, 0.25) is 5.95 Å². The molecule has 0 aliphatic rings. The van der Waals surface area contributed by atoms with Gasteiger partial charge in [-0.3, -0.25) is 0 Å². The fourth-order valence-corrected chi connectivity index (χ4v) is 2.86. The Hall–Kier alpha value is -4.06. The van der Waals surface area contributed by atoms with Crippen LogP contribution in [0.1, 0.15) is 24.2 Å². The maximum Gasteiger partial charge on any atom is 0.303 e. The van der Waals surface area contributed by atoms with Gasteiger partial charge in [-0.15, -0.1) is 0 Å². The predicted molar refractivity (Wildman–Crippen MR) is 110 cm³/mol. The molecular formula is C21H18FN7O. The third-order valence-electron chi connectivity index (χ3n) is 4.23. The van der Waals surface area contributed by atoms with Crippen molar-refractivity contribution in [2.24, 2.45) is 0 Å². The van der Waals surface area contributed by atoms with Gasteiger partial charge in [0, 0.05) is 30.2 Å². The molecule has 1 unspecified atom stereocenters. The normalized spacial score (nSPS) is 11.7. The number of fused-ring (bicyclic) bond motifs is 1. The molecule has 0 amide bonds. The molecule has 0 saturated heterocycles. The van der Waals surface area contributed by atoms with Crippen LogP contribution in [0.2, 0.25) is 0 Å². The number of nitrogens with two attached hydrogens (primary N) is 1. The van der Waals surface area contributed by atoms with E-state index >= 15 is 0 Å². The number of anilines is 1. The lowest BCUT2D eigenvalue weighted by Crippen LogP contribution is -2.07. The number of imidazole rings is 1. The molecule has 0 saturated carbocycles. The van der Waals surface area contributed by atoms with Crippen LogP contribution < -0.4 is 10.5 Å². The highest BCUT2D eigenvalue weighted by molar-refractivity contribution is 5.80. The number of hydrogen-bond donors (Lipinski definition) is 1. The van der Waals surface area contributed by atoms with E-state index in [4.69, 9.17) is 10.5 Å². The van der Waals surface area contributed by atoms with Crippen LogP contribution in [0.15, 0.2) is 48.9 Å². The summed E-state index contributed by atoms with van der Waals surface area (Å²) in [4.78, 5) is 21.1. The van der Waals surface area contributed by atoms with E-state index in [0.29, 0.717) is 22.7 Å². The molecule has 30 heavy (non-hydrogen) atoms. The molecule has 150 valence electrons. The molecule has 4 aromatic rings. The van der Waals surface area contributed by atoms with Gasteiger partial charge in [-0.25, -0.2) is 23.9 Å². The van der Waals surface area contributed by atoms with Gasteiger partial charge in [-0.05, 0) is 31.2 Å². The standard InChI is InChI=1S/C21H18FN7O/c1-14(19-24-9-2-10-25-19)3-4-15-5-6-16-17(13-15)29(21(27-16)30-12-8-22)18-7-11-26-20(23)28-18/h2,5-7,9-11,13-14H,8,12H2,1H3,(H2,23,26,28). The van der Waals surface area contributed by atoms with Crippen LogP contribution in [-0.4, -0.2) is 42.8 Å². The summed E-state index contributed by atoms with van der Waals surface area (Å²) in [6, 6.07) is 9.21. The molecule has 0 aliphatic carbocycles. The SMILES string of the molecule is CC(C#Cc1ccc2nc(OCCF)n(-c3ccnc(N)n3)c2c1)c1ncccn1. The van der Waals surface area contributed by atoms with Gasteiger partial charge in [-0.1, -0.05) is 11.8 Å². The average Bonchev–Trinajstić information content (AvgIpc) is 3.14. The summed E-state index contributed by atoms with van der Waals surface area (Å²) in [5.41, 5.74) is 7.87. The predicted octanol–water partition coefficient (Wildman–Crippen LogP) is 2.69. The third-order valence-corrected chi connectivity index (χ3v) is 4.23. The van der Waals surface area contributed by atoms with E-state index in [2.05, 4.69) is 36.8 Å². The maximum absolute atomic E-state index is 12.7. The average molecular weight is 403 g/mol. The Morgan fingerprint density at radius 2 is 1.97 bits per heavy atom. The number of alkyl halides is 1. The molecule has 2 N–H and O–H groups in total. The molecule has 0 spiro atoms. The summed E-state index contributed by atoms with van der Waals surface area (Å²) in [6.45, 7) is 1.19. The molecule has 1 aromatic carbocycles. The van der Waals surface area contributed by atoms with Gasteiger partial charge in [0.1, 0.15) is 24.9 Å². The monoisotopic (exact) mass is 403 g/mol. The highest BCUT2D eigenvalue weighted by Gasteiger charge is 2.16. The summed E-state index contributed by atoms with van der Waals surface area (Å²) < 4.78 is 19.8. The fourth-order valence-electron chi connectivity index (χ4n) is 2.86. The minimum atomic E-state index is -0.634. The van der Waals surface area contributed by atoms with Gasteiger partial charge >= 0.3 is 6.01 Å². The van der Waals surface area contributed by atoms with Crippen LogP contribution in [0.5, 0.6) is 6.01 Å². The number of hydrogen-bond acceptors (Lipinski definition) is 7. The van der Waals surface area contributed by atoms with Crippen LogP contribution >= 0.6 is 0 Å². The Morgan fingerprint density at radius 3 is 2.73 bits per heavy atom. The van der Waals surface area contributed by atoms with E-state index in [9.17, 15) is 4.39 Å². The molecule has 8 nitrogen and oxygen atoms in total. The molecule has 3 aromatic heterocycles. The summed E-state index contributed by atoms with van der Waals surface area (Å²) >= 11 is 0. The van der Waals surface area contributed by atoms with E-state index in [-0.39, 0.29) is 24.5 Å². The Morgan fingerprint density at radius 1 is 1.13 bits per heavy atom. The lowest BCUT2D eigenvalue weighted by Gasteiger charge is -2.08. The van der Waals surface area contributed by atoms with Gasteiger partial charge in [-0.2, -0.15) is 9.97 Å². The van der Waals surface area contributed by atoms with Crippen LogP contribution in [0.25, 0.3) is 16.9 Å². The second-order valence-electron chi connectivity index (χ2n) is 6.34. The van der Waals surface area contributed by atoms with Gasteiger partial charge < -0.3 is 10.5 Å². The van der Waals surface area contributed by atoms with Crippen molar-refractivity contribution in [1.29, 1.82) is 0 Å². The lowest BCUT2D eigenvalue weighted by molar-refractivity contribution is 0.252. The number of rotatable bonds is 5. The van der Waals surface area contributed by atoms with Crippen molar-refractivity contribution in [1.82, 2.24) is 29.5 Å². The summed E-state index contributed by atoms with van der Waals surface area (Å²) in [5, 5.41) is 0. The van der Waals surface area contributed by atoms with Crippen LogP contribution in [0, 0.1) is 11.8 Å². The fraction of sp³-hybridized carbons (Fsp3) is 0.190. The largest absolute Gasteiger partial charge is 0.462 e. The number of ether oxygens (including phenoxy) is 1. The van der Waals surface area contributed by atoms with Crippen molar-refractivity contribution >= 4 is 17.0 Å². The zero-order valence-electron chi connectivity index (χ0n) is 16.2. The van der Waals surface area contributed by atoms with Crippen molar-refractivity contribution in [3.05, 3.63) is 60.3 Å². The summed E-state index contributed by atoms with van der Waals surface area (Å²) in [6.07, 6.45) is 4.92. The second-order valence-corrected chi connectivity index (χ2v) is 6.34. The molecule has 0 radical (unpaired) electrons. The molecule has 4 rings (SSSR count). The van der Waals surface area contributed by atoms with Crippen LogP contribution in [0.3, 0.4) is 0 Å². The quantitative estimate of drug-likeness (QED) is 0.511. The highest BCUT2D eigenvalue weighted by Crippen LogP contribution is 2.26. The van der Waals surface area contributed by atoms with E-state index in [1.54, 1.807) is 29.1 Å². The molecule has 0 bridgehead atoms. The molecular weight excluding hydrogens is 385 g/mol. The second kappa shape index (κ2) is 8.53. The first-order chi connectivity index (χ1) is 14.7. The Balaban J connectivity index is 1.76. The van der Waals surface area contributed by atoms with Crippen molar-refractivity contribution in [3.8, 4) is 23.7 Å². The van der Waals surface area contributed by atoms with E-state index in [1.807, 2.05) is 25.1 Å². The van der Waals surface area contributed by atoms with Gasteiger partial charge in [0.25, 0.3) is 0 Å². The van der Waals surface area contributed by atoms with E-state index in [1.165, 1.54) is 6.20 Å². The van der Waals surface area contributed by atoms with Crippen molar-refractivity contribution < 1.29 is 9.13 Å². The Labute approximate surface area is 172 Å². The maximum atomic E-state index is 12.7. The zero-order chi connectivity index (χ0) is 20.9. The third kappa shape index (κ3) is 4.03. The highest BCUT2D eigenvalue weighted by atomic mass is 19.1. The van der Waals surface area contributed by atoms with Crippen molar-refractivity contribution in [2.75, 3.05) is 19.0 Å². The number of aromatic nitrogens is 6. The van der Waals surface area contributed by atoms with Crippen LogP contribution in [0.4, 0.5) is 10.3 Å². The van der Waals surface area contributed by atoms with Crippen molar-refractivity contribution in [3.63, 3.8) is 0 Å². The van der Waals surface area contributed by atoms with Gasteiger partial charge in [0.05, 0.1) is 17.0 Å². The number of benzene rings is 1. The first-order valence-electron chi connectivity index (χ1n) is 9.24. The number of nitrogens with zero attached hydrogens (tertiary/aromatic N) is 6. The summed E-state index contributed by atoms with van der Waals surface area (Å²) in [7, 11) is 0. The first-order valence-corrected chi connectivity index (χ1v) is 9.24. The van der Waals surface area contributed by atoms with Gasteiger partial charge in [0.15, 0.2) is 0 Å². The number of halogens is 1. The minimum absolute atomic E-state index is 0.110. The zero-order valence-corrected chi connectivity index (χ0v) is 16.2. The molecule has 9 heteroatoms. The van der Waals surface area contributed by atoms with E-state index in [0.717, 1.165) is 5.56 Å². The first kappa shape index (κ1) is 19.3. The molecule has 1 atom stereocenters. The van der Waals surface area contributed by atoms with E-state index < -0.39 is 6.67 Å². The molecule has 3 heterocycles. The summed E-state index contributed by atoms with van der Waals surface area (Å²) in [5.74, 6) is 7.42. The number of nitrogen functional groups attached to an aromatic ring is 1. The lowest BCUT2D eigenvalue weighted by atomic mass is 10.1. The topological polar surface area (TPSA) is 105 Å².